The summed E-state index contributed by atoms with van der Waals surface area (Å²) in [6.07, 6.45) is -4.65. The van der Waals surface area contributed by atoms with Crippen molar-refractivity contribution < 1.29 is 46.9 Å². The van der Waals surface area contributed by atoms with Gasteiger partial charge in [0.1, 0.15) is 24.7 Å². The molecule has 1 aromatic carbocycles. The number of benzene rings is 1. The summed E-state index contributed by atoms with van der Waals surface area (Å²) >= 11 is 0. The number of nitro groups is 1. The summed E-state index contributed by atoms with van der Waals surface area (Å²) < 4.78 is 61.2. The predicted molar refractivity (Wildman–Crippen MR) is 120 cm³/mol. The molecule has 0 spiro atoms. The second-order valence-electron chi connectivity index (χ2n) is 8.25. The monoisotopic (exact) mass is 537 g/mol. The first kappa shape index (κ1) is 25.1. The van der Waals surface area contributed by atoms with Crippen molar-refractivity contribution in [1.29, 1.82) is 0 Å². The van der Waals surface area contributed by atoms with Crippen LogP contribution in [-0.2, 0) is 11.3 Å². The van der Waals surface area contributed by atoms with E-state index in [0.29, 0.717) is 0 Å². The number of aliphatic hydroxyl groups is 1. The van der Waals surface area contributed by atoms with Crippen LogP contribution in [0.15, 0.2) is 42.7 Å². The Morgan fingerprint density at radius 2 is 2.05 bits per heavy atom. The first-order valence-corrected chi connectivity index (χ1v) is 11.1. The smallest absolute Gasteiger partial charge is 0.469 e. The van der Waals surface area contributed by atoms with Crippen LogP contribution in [0.25, 0.3) is 11.1 Å². The van der Waals surface area contributed by atoms with Crippen molar-refractivity contribution in [2.45, 2.75) is 25.1 Å². The fourth-order valence-electron chi connectivity index (χ4n) is 3.96. The number of aliphatic hydroxyl groups excluding tert-OH is 1. The highest BCUT2D eigenvalue weighted by molar-refractivity contribution is 5.91. The molecule has 0 saturated carbocycles. The Labute approximate surface area is 211 Å². The Morgan fingerprint density at radius 3 is 2.71 bits per heavy atom. The maximum Gasteiger partial charge on any atom is 0.573 e. The Kier molecular flexibility index (Phi) is 6.40. The van der Waals surface area contributed by atoms with Crippen LogP contribution in [0.4, 0.5) is 29.5 Å². The summed E-state index contributed by atoms with van der Waals surface area (Å²) in [6, 6.07) is 6.82. The average molecular weight is 537 g/mol. The normalized spacial score (nSPS) is 18.9. The van der Waals surface area contributed by atoms with Crippen LogP contribution in [0, 0.1) is 10.1 Å². The summed E-state index contributed by atoms with van der Waals surface area (Å²) in [6.45, 7) is -0.200. The van der Waals surface area contributed by atoms with E-state index in [0.717, 1.165) is 11.0 Å². The Balaban J connectivity index is 1.34. The molecule has 0 aliphatic carbocycles. The topological polar surface area (TPSA) is 151 Å². The van der Waals surface area contributed by atoms with Gasteiger partial charge in [-0.2, -0.15) is 0 Å². The minimum atomic E-state index is -5.01. The quantitative estimate of drug-likeness (QED) is 0.352. The number of carbonyl (C=O) groups is 1. The highest BCUT2D eigenvalue weighted by atomic mass is 19.4. The van der Waals surface area contributed by atoms with Crippen LogP contribution in [0.2, 0.25) is 0 Å². The second kappa shape index (κ2) is 9.70. The lowest BCUT2D eigenvalue weighted by Crippen LogP contribution is -2.34. The molecule has 1 fully saturated rings. The van der Waals surface area contributed by atoms with Gasteiger partial charge in [-0.15, -0.1) is 13.2 Å². The van der Waals surface area contributed by atoms with Gasteiger partial charge < -0.3 is 34.2 Å². The number of amides is 1. The van der Waals surface area contributed by atoms with E-state index >= 15 is 0 Å². The zero-order valence-electron chi connectivity index (χ0n) is 19.2. The van der Waals surface area contributed by atoms with Crippen molar-refractivity contribution in [1.82, 2.24) is 14.5 Å². The summed E-state index contributed by atoms with van der Waals surface area (Å²) in [4.78, 5) is 31.3. The molecule has 3 aromatic rings. The number of pyridine rings is 1. The van der Waals surface area contributed by atoms with Crippen LogP contribution in [0.5, 0.6) is 17.6 Å². The van der Waals surface area contributed by atoms with Crippen LogP contribution >= 0.6 is 0 Å². The lowest BCUT2D eigenvalue weighted by molar-refractivity contribution is -0.389. The van der Waals surface area contributed by atoms with Crippen LogP contribution in [0.1, 0.15) is 0 Å². The van der Waals surface area contributed by atoms with Gasteiger partial charge in [0.15, 0.2) is 6.10 Å². The van der Waals surface area contributed by atoms with Crippen LogP contribution in [-0.4, -0.2) is 69.0 Å². The van der Waals surface area contributed by atoms with Crippen LogP contribution in [0.3, 0.4) is 0 Å². The third-order valence-electron chi connectivity index (χ3n) is 5.63. The lowest BCUT2D eigenvalue weighted by atomic mass is 10.1. The van der Waals surface area contributed by atoms with Gasteiger partial charge in [-0.1, -0.05) is 0 Å². The molecule has 2 atom stereocenters. The highest BCUT2D eigenvalue weighted by Gasteiger charge is 2.35. The molecular formula is C22H18F3N5O8. The number of aromatic nitrogens is 3. The molecule has 1 N–H and O–H groups in total. The SMILES string of the molecule is O=C1O[C@@H](CO)CN1c1ccc(-c2ccc(O[C@@H]3COc4nc([N+](=O)[O-])cn4C3)nc2)c(OC(F)(F)F)c1. The second-order valence-corrected chi connectivity index (χ2v) is 8.25. The predicted octanol–water partition coefficient (Wildman–Crippen LogP) is 2.91. The Bertz CT molecular complexity index is 1360. The molecule has 4 heterocycles. The summed E-state index contributed by atoms with van der Waals surface area (Å²) in [7, 11) is 0. The molecule has 200 valence electrons. The van der Waals surface area contributed by atoms with Crippen molar-refractivity contribution in [2.75, 3.05) is 24.7 Å². The van der Waals surface area contributed by atoms with Gasteiger partial charge in [-0.05, 0) is 23.1 Å². The van der Waals surface area contributed by atoms with E-state index in [1.165, 1.54) is 41.2 Å². The molecule has 2 aromatic heterocycles. The van der Waals surface area contributed by atoms with Gasteiger partial charge in [0, 0.05) is 34.4 Å². The molecular weight excluding hydrogens is 519 g/mol. The number of carbonyl (C=O) groups excluding carboxylic acids is 1. The van der Waals surface area contributed by atoms with E-state index in [-0.39, 0.29) is 54.2 Å². The fraction of sp³-hybridized carbons (Fsp3) is 0.318. The molecule has 1 saturated heterocycles. The maximum atomic E-state index is 13.2. The molecule has 2 aliphatic heterocycles. The number of cyclic esters (lactones) is 1. The molecule has 0 radical (unpaired) electrons. The molecule has 0 bridgehead atoms. The summed E-state index contributed by atoms with van der Waals surface area (Å²) in [5.74, 6) is -0.785. The standard InChI is InChI=1S/C22H18F3N5O8/c23-22(24,25)38-17-5-13(29-8-14(10-31)37-21(29)32)2-3-16(17)12-1-4-19(26-6-12)36-15-7-28-9-18(30(33)34)27-20(28)35-11-15/h1-6,9,14-15,31H,7-8,10-11H2/t14-,15+/m1/s1. The van der Waals surface area contributed by atoms with Gasteiger partial charge in [0.05, 0.1) is 25.4 Å². The van der Waals surface area contributed by atoms with Gasteiger partial charge in [-0.25, -0.2) is 9.78 Å². The largest absolute Gasteiger partial charge is 0.573 e. The molecule has 13 nitrogen and oxygen atoms in total. The number of nitrogens with zero attached hydrogens (tertiary/aromatic N) is 5. The zero-order chi connectivity index (χ0) is 27.0. The third kappa shape index (κ3) is 5.24. The highest BCUT2D eigenvalue weighted by Crippen LogP contribution is 2.38. The maximum absolute atomic E-state index is 13.2. The van der Waals surface area contributed by atoms with Gasteiger partial charge in [0.2, 0.25) is 5.88 Å². The van der Waals surface area contributed by atoms with Gasteiger partial charge >= 0.3 is 24.3 Å². The van der Waals surface area contributed by atoms with E-state index in [2.05, 4.69) is 14.7 Å². The Hall–Kier alpha value is -4.60. The van der Waals surface area contributed by atoms with Crippen molar-refractivity contribution in [3.8, 4) is 28.8 Å². The van der Waals surface area contributed by atoms with Crippen molar-refractivity contribution in [3.05, 3.63) is 52.8 Å². The van der Waals surface area contributed by atoms with Crippen molar-refractivity contribution in [2.24, 2.45) is 0 Å². The molecule has 38 heavy (non-hydrogen) atoms. The number of fused-ring (bicyclic) bond motifs is 1. The zero-order valence-corrected chi connectivity index (χ0v) is 19.2. The number of anilines is 1. The molecule has 1 amide bonds. The first-order valence-electron chi connectivity index (χ1n) is 11.1. The number of imidazole rings is 1. The van der Waals surface area contributed by atoms with Crippen molar-refractivity contribution in [3.63, 3.8) is 0 Å². The number of hydrogen-bond acceptors (Lipinski definition) is 10. The molecule has 0 unspecified atom stereocenters. The minimum Gasteiger partial charge on any atom is -0.469 e. The van der Waals surface area contributed by atoms with Gasteiger partial charge in [0.25, 0.3) is 0 Å². The number of rotatable bonds is 7. The molecule has 5 rings (SSSR count). The number of hydrogen-bond donors (Lipinski definition) is 1. The number of alkyl halides is 3. The molecule has 2 aliphatic rings. The van der Waals surface area contributed by atoms with Crippen molar-refractivity contribution >= 4 is 17.6 Å². The minimum absolute atomic E-state index is 0.0352. The third-order valence-corrected chi connectivity index (χ3v) is 5.63. The van der Waals surface area contributed by atoms with Crippen LogP contribution < -0.4 is 19.1 Å². The first-order chi connectivity index (χ1) is 18.1. The summed E-state index contributed by atoms with van der Waals surface area (Å²) in [5.41, 5.74) is 0.416. The van der Waals surface area contributed by atoms with E-state index in [1.54, 1.807) is 0 Å². The number of halogens is 3. The lowest BCUT2D eigenvalue weighted by Gasteiger charge is -2.22. The van der Waals surface area contributed by atoms with E-state index < -0.39 is 41.9 Å². The average Bonchev–Trinajstić information content (AvgIpc) is 3.47. The number of ether oxygens (including phenoxy) is 4. The molecule has 16 heteroatoms. The summed E-state index contributed by atoms with van der Waals surface area (Å²) in [5, 5.41) is 20.1. The van der Waals surface area contributed by atoms with E-state index in [9.17, 15) is 33.2 Å². The fourth-order valence-corrected chi connectivity index (χ4v) is 3.96. The Morgan fingerprint density at radius 1 is 1.24 bits per heavy atom. The van der Waals surface area contributed by atoms with Gasteiger partial charge in [-0.3, -0.25) is 9.47 Å². The van der Waals surface area contributed by atoms with E-state index in [1.807, 2.05) is 0 Å². The van der Waals surface area contributed by atoms with E-state index in [4.69, 9.17) is 14.2 Å².